The van der Waals surface area contributed by atoms with Gasteiger partial charge < -0.3 is 30.1 Å². The fraction of sp³-hybridized carbons (Fsp3) is 0.368. The van der Waals surface area contributed by atoms with Gasteiger partial charge in [-0.3, -0.25) is 0 Å². The summed E-state index contributed by atoms with van der Waals surface area (Å²) in [5.74, 6) is 0.602. The van der Waals surface area contributed by atoms with E-state index in [1.54, 1.807) is 14.2 Å². The molecule has 0 aliphatic rings. The largest absolute Gasteiger partial charge is 0.504 e. The highest BCUT2D eigenvalue weighted by Crippen LogP contribution is 2.35. The van der Waals surface area contributed by atoms with Crippen LogP contribution in [0.3, 0.4) is 0 Å². The molecule has 0 aromatic heterocycles. The van der Waals surface area contributed by atoms with E-state index in [2.05, 4.69) is 5.32 Å². The summed E-state index contributed by atoms with van der Waals surface area (Å²) in [6.07, 6.45) is -0.138. The van der Waals surface area contributed by atoms with Crippen molar-refractivity contribution in [3.05, 3.63) is 46.5 Å². The molecule has 2 atom stereocenters. The summed E-state index contributed by atoms with van der Waals surface area (Å²) in [5.41, 5.74) is 1.50. The molecule has 0 heterocycles. The average Bonchev–Trinajstić information content (AvgIpc) is 2.63. The maximum atomic E-state index is 10.3. The van der Waals surface area contributed by atoms with Crippen LogP contribution < -0.4 is 14.8 Å². The molecular formula is C19H25Cl2NO5. The number of nitrogens with one attached hydrogen (secondary N) is 1. The van der Waals surface area contributed by atoms with Gasteiger partial charge in [0.25, 0.3) is 0 Å². The van der Waals surface area contributed by atoms with E-state index < -0.39 is 11.9 Å². The van der Waals surface area contributed by atoms with Crippen molar-refractivity contribution in [3.8, 4) is 23.0 Å². The van der Waals surface area contributed by atoms with Crippen molar-refractivity contribution in [2.45, 2.75) is 25.5 Å². The van der Waals surface area contributed by atoms with Gasteiger partial charge in [0, 0.05) is 12.6 Å². The van der Waals surface area contributed by atoms with E-state index in [9.17, 15) is 15.3 Å². The van der Waals surface area contributed by atoms with Crippen molar-refractivity contribution in [2.24, 2.45) is 0 Å². The second-order valence-electron chi connectivity index (χ2n) is 6.09. The van der Waals surface area contributed by atoms with Crippen LogP contribution in [-0.2, 0) is 6.42 Å². The van der Waals surface area contributed by atoms with E-state index in [4.69, 9.17) is 21.1 Å². The number of aromatic hydroxyl groups is 2. The van der Waals surface area contributed by atoms with Crippen molar-refractivity contribution < 1.29 is 24.8 Å². The topological polar surface area (TPSA) is 91.2 Å². The molecule has 0 aliphatic carbocycles. The van der Waals surface area contributed by atoms with E-state index in [1.807, 2.05) is 25.1 Å². The van der Waals surface area contributed by atoms with Crippen molar-refractivity contribution in [1.29, 1.82) is 0 Å². The van der Waals surface area contributed by atoms with Gasteiger partial charge >= 0.3 is 0 Å². The van der Waals surface area contributed by atoms with Gasteiger partial charge in [0.05, 0.1) is 25.3 Å². The summed E-state index contributed by atoms with van der Waals surface area (Å²) in [5, 5.41) is 32.6. The first kappa shape index (κ1) is 23.2. The van der Waals surface area contributed by atoms with Crippen molar-refractivity contribution >= 4 is 24.0 Å². The van der Waals surface area contributed by atoms with Crippen molar-refractivity contribution in [1.82, 2.24) is 5.32 Å². The first-order valence-electron chi connectivity index (χ1n) is 8.19. The molecule has 2 aromatic rings. The number of phenolic OH excluding ortho intramolecular Hbond substituents is 2. The second kappa shape index (κ2) is 10.5. The third-order valence-corrected chi connectivity index (χ3v) is 4.39. The van der Waals surface area contributed by atoms with Crippen LogP contribution in [0.25, 0.3) is 0 Å². The zero-order chi connectivity index (χ0) is 19.3. The summed E-state index contributed by atoms with van der Waals surface area (Å²) < 4.78 is 10.5. The van der Waals surface area contributed by atoms with E-state index in [0.717, 1.165) is 12.0 Å². The molecule has 0 fully saturated rings. The first-order valence-corrected chi connectivity index (χ1v) is 8.57. The quantitative estimate of drug-likeness (QED) is 0.491. The third kappa shape index (κ3) is 6.07. The lowest BCUT2D eigenvalue weighted by atomic mass is 10.0. The molecule has 27 heavy (non-hydrogen) atoms. The standard InChI is InChI=1S/C19H24ClNO5.ClH/c1-11(6-12-4-5-17(25-2)18(7-12)26-3)21-10-16(23)13-8-14(20)19(24)15(22)9-13;/h4-5,7-9,11,16,21-24H,6,10H2,1-3H3;1H. The molecule has 0 aliphatic heterocycles. The van der Waals surface area contributed by atoms with Crippen LogP contribution >= 0.6 is 24.0 Å². The highest BCUT2D eigenvalue weighted by Gasteiger charge is 2.15. The first-order chi connectivity index (χ1) is 12.3. The molecule has 150 valence electrons. The summed E-state index contributed by atoms with van der Waals surface area (Å²) in [6, 6.07) is 8.56. The van der Waals surface area contributed by atoms with Crippen molar-refractivity contribution in [2.75, 3.05) is 20.8 Å². The second-order valence-corrected chi connectivity index (χ2v) is 6.50. The maximum Gasteiger partial charge on any atom is 0.176 e. The predicted octanol–water partition coefficient (Wildman–Crippen LogP) is 3.44. The SMILES string of the molecule is COc1ccc(CC(C)NCC(O)c2cc(O)c(O)c(Cl)c2)cc1OC.Cl. The van der Waals surface area contributed by atoms with Crippen LogP contribution in [0, 0.1) is 0 Å². The number of phenols is 2. The molecule has 8 heteroatoms. The Kier molecular flexibility index (Phi) is 8.99. The van der Waals surface area contributed by atoms with Crippen LogP contribution in [0.4, 0.5) is 0 Å². The molecule has 2 aromatic carbocycles. The lowest BCUT2D eigenvalue weighted by Crippen LogP contribution is -2.32. The summed E-state index contributed by atoms with van der Waals surface area (Å²) in [6.45, 7) is 2.28. The summed E-state index contributed by atoms with van der Waals surface area (Å²) in [4.78, 5) is 0. The molecule has 6 nitrogen and oxygen atoms in total. The average molecular weight is 418 g/mol. The minimum absolute atomic E-state index is 0. The monoisotopic (exact) mass is 417 g/mol. The van der Waals surface area contributed by atoms with Gasteiger partial charge in [0.1, 0.15) is 0 Å². The number of benzene rings is 2. The molecule has 0 bridgehead atoms. The van der Waals surface area contributed by atoms with Crippen LogP contribution in [0.15, 0.2) is 30.3 Å². The van der Waals surface area contributed by atoms with Gasteiger partial charge in [0.2, 0.25) is 0 Å². The number of aliphatic hydroxyl groups excluding tert-OH is 1. The maximum absolute atomic E-state index is 10.3. The number of halogens is 2. The van der Waals surface area contributed by atoms with Crippen LogP contribution in [-0.4, -0.2) is 42.1 Å². The molecule has 0 spiro atoms. The number of methoxy groups -OCH3 is 2. The van der Waals surface area contributed by atoms with Gasteiger partial charge in [-0.1, -0.05) is 17.7 Å². The normalized spacial score (nSPS) is 12.8. The Morgan fingerprint density at radius 1 is 1.07 bits per heavy atom. The van der Waals surface area contributed by atoms with Crippen LogP contribution in [0.5, 0.6) is 23.0 Å². The zero-order valence-electron chi connectivity index (χ0n) is 15.4. The molecule has 0 saturated heterocycles. The van der Waals surface area contributed by atoms with E-state index >= 15 is 0 Å². The summed E-state index contributed by atoms with van der Waals surface area (Å²) >= 11 is 5.82. The lowest BCUT2D eigenvalue weighted by molar-refractivity contribution is 0.170. The number of hydrogen-bond donors (Lipinski definition) is 4. The van der Waals surface area contributed by atoms with E-state index in [1.165, 1.54) is 12.1 Å². The Morgan fingerprint density at radius 2 is 1.74 bits per heavy atom. The molecule has 0 saturated carbocycles. The highest BCUT2D eigenvalue weighted by molar-refractivity contribution is 6.32. The minimum Gasteiger partial charge on any atom is -0.504 e. The van der Waals surface area contributed by atoms with Gasteiger partial charge in [-0.2, -0.15) is 0 Å². The summed E-state index contributed by atoms with van der Waals surface area (Å²) in [7, 11) is 3.19. The lowest BCUT2D eigenvalue weighted by Gasteiger charge is -2.19. The Balaban J connectivity index is 0.00000364. The van der Waals surface area contributed by atoms with Crippen molar-refractivity contribution in [3.63, 3.8) is 0 Å². The van der Waals surface area contributed by atoms with E-state index in [-0.39, 0.29) is 35.8 Å². The minimum atomic E-state index is -0.869. The molecule has 4 N–H and O–H groups in total. The van der Waals surface area contributed by atoms with Gasteiger partial charge in [0.15, 0.2) is 23.0 Å². The number of aliphatic hydroxyl groups is 1. The Hall–Kier alpha value is -1.86. The molecular weight excluding hydrogens is 393 g/mol. The number of hydrogen-bond acceptors (Lipinski definition) is 6. The van der Waals surface area contributed by atoms with E-state index in [0.29, 0.717) is 17.1 Å². The number of ether oxygens (including phenoxy) is 2. The fourth-order valence-electron chi connectivity index (χ4n) is 2.66. The molecule has 2 unspecified atom stereocenters. The fourth-order valence-corrected chi connectivity index (χ4v) is 2.88. The molecule has 0 amide bonds. The van der Waals surface area contributed by atoms with Crippen LogP contribution in [0.1, 0.15) is 24.2 Å². The predicted molar refractivity (Wildman–Crippen MR) is 108 cm³/mol. The molecule has 0 radical (unpaired) electrons. The Bertz CT molecular complexity index is 734. The van der Waals surface area contributed by atoms with Gasteiger partial charge in [-0.15, -0.1) is 12.4 Å². The highest BCUT2D eigenvalue weighted by atomic mass is 35.5. The smallest absolute Gasteiger partial charge is 0.176 e. The van der Waals surface area contributed by atoms with Gasteiger partial charge in [-0.05, 0) is 48.7 Å². The zero-order valence-corrected chi connectivity index (χ0v) is 17.0. The number of rotatable bonds is 8. The third-order valence-electron chi connectivity index (χ3n) is 4.10. The Labute approximate surface area is 170 Å². The van der Waals surface area contributed by atoms with Crippen LogP contribution in [0.2, 0.25) is 5.02 Å². The Morgan fingerprint density at radius 3 is 2.33 bits per heavy atom. The van der Waals surface area contributed by atoms with Gasteiger partial charge in [-0.25, -0.2) is 0 Å². The molecule has 2 rings (SSSR count).